The summed E-state index contributed by atoms with van der Waals surface area (Å²) in [7, 11) is -4.28. The van der Waals surface area contributed by atoms with E-state index in [-0.39, 0.29) is 16.0 Å². The Kier molecular flexibility index (Phi) is 3.97. The number of hydrogen-bond acceptors (Lipinski definition) is 5. The Morgan fingerprint density at radius 3 is 1.68 bits per heavy atom. The van der Waals surface area contributed by atoms with E-state index >= 15 is 0 Å². The van der Waals surface area contributed by atoms with Crippen molar-refractivity contribution in [3.63, 3.8) is 0 Å². The van der Waals surface area contributed by atoms with Crippen molar-refractivity contribution >= 4 is 21.9 Å². The van der Waals surface area contributed by atoms with Gasteiger partial charge in [-0.25, -0.2) is 0 Å². The highest BCUT2D eigenvalue weighted by Gasteiger charge is 2.39. The normalized spacial score (nSPS) is 16.0. The molecule has 2 amide bonds. The fourth-order valence-electron chi connectivity index (χ4n) is 2.48. The maximum atomic E-state index is 12.5. The zero-order valence-corrected chi connectivity index (χ0v) is 13.9. The minimum Gasteiger partial charge on any atom is -0.267 e. The Labute approximate surface area is 129 Å². The van der Waals surface area contributed by atoms with Crippen LogP contribution < -0.4 is 0 Å². The van der Waals surface area contributed by atoms with Gasteiger partial charge in [0.15, 0.2) is 0 Å². The molecule has 0 saturated heterocycles. The second-order valence-corrected chi connectivity index (χ2v) is 6.88. The van der Waals surface area contributed by atoms with Gasteiger partial charge in [-0.05, 0) is 45.7 Å². The highest BCUT2D eigenvalue weighted by atomic mass is 32.2. The van der Waals surface area contributed by atoms with Crippen LogP contribution in [0, 0.1) is 20.8 Å². The Morgan fingerprint density at radius 1 is 0.864 bits per heavy atom. The highest BCUT2D eigenvalue weighted by molar-refractivity contribution is 7.86. The van der Waals surface area contributed by atoms with E-state index < -0.39 is 21.9 Å². The van der Waals surface area contributed by atoms with Gasteiger partial charge in [-0.1, -0.05) is 17.7 Å². The van der Waals surface area contributed by atoms with Crippen LogP contribution in [-0.2, 0) is 24.0 Å². The van der Waals surface area contributed by atoms with Crippen LogP contribution in [0.4, 0.5) is 0 Å². The molecule has 118 valence electrons. The smallest absolute Gasteiger partial charge is 0.267 e. The number of carbonyl (C=O) groups is 2. The van der Waals surface area contributed by atoms with Gasteiger partial charge in [0.1, 0.15) is 4.90 Å². The molecule has 0 fully saturated rings. The first kappa shape index (κ1) is 16.4. The molecular formula is C15H17NO5S. The number of nitrogens with zero attached hydrogens (tertiary/aromatic N) is 1. The Morgan fingerprint density at radius 2 is 1.27 bits per heavy atom. The monoisotopic (exact) mass is 323 g/mol. The van der Waals surface area contributed by atoms with Gasteiger partial charge in [0.25, 0.3) is 11.8 Å². The fourth-order valence-corrected chi connectivity index (χ4v) is 3.79. The van der Waals surface area contributed by atoms with Crippen molar-refractivity contribution in [3.8, 4) is 0 Å². The molecule has 1 aliphatic heterocycles. The lowest BCUT2D eigenvalue weighted by Gasteiger charge is -2.16. The largest absolute Gasteiger partial charge is 0.318 e. The standard InChI is InChI=1S/C15H17NO5S/c1-8-6-9(2)13(10(3)7-8)22(19,20)21-16-14(17)11(4)12(5)15(16)18/h6-7H,1-5H3. The van der Waals surface area contributed by atoms with Gasteiger partial charge >= 0.3 is 10.1 Å². The Hall–Kier alpha value is -1.99. The quantitative estimate of drug-likeness (QED) is 0.794. The van der Waals surface area contributed by atoms with Gasteiger partial charge in [0.2, 0.25) is 0 Å². The topological polar surface area (TPSA) is 80.8 Å². The third-order valence-electron chi connectivity index (χ3n) is 3.60. The third kappa shape index (κ3) is 2.57. The average Bonchev–Trinajstić information content (AvgIpc) is 2.55. The molecule has 1 aromatic carbocycles. The summed E-state index contributed by atoms with van der Waals surface area (Å²) >= 11 is 0. The van der Waals surface area contributed by atoms with E-state index in [0.717, 1.165) is 5.56 Å². The van der Waals surface area contributed by atoms with E-state index in [0.29, 0.717) is 16.2 Å². The lowest BCUT2D eigenvalue weighted by molar-refractivity contribution is -0.162. The second-order valence-electron chi connectivity index (χ2n) is 5.41. The molecule has 2 rings (SSSR count). The summed E-state index contributed by atoms with van der Waals surface area (Å²) in [6.45, 7) is 8.03. The molecule has 0 N–H and O–H groups in total. The van der Waals surface area contributed by atoms with E-state index in [1.807, 2.05) is 6.92 Å². The maximum absolute atomic E-state index is 12.5. The van der Waals surface area contributed by atoms with Crippen LogP contribution in [0.1, 0.15) is 30.5 Å². The van der Waals surface area contributed by atoms with Gasteiger partial charge in [0, 0.05) is 11.1 Å². The first-order valence-corrected chi connectivity index (χ1v) is 8.06. The van der Waals surface area contributed by atoms with E-state index in [9.17, 15) is 18.0 Å². The summed E-state index contributed by atoms with van der Waals surface area (Å²) in [5.41, 5.74) is 2.27. The number of hydroxylamine groups is 2. The average molecular weight is 323 g/mol. The predicted octanol–water partition coefficient (Wildman–Crippen LogP) is 1.94. The van der Waals surface area contributed by atoms with Crippen molar-refractivity contribution in [3.05, 3.63) is 40.0 Å². The van der Waals surface area contributed by atoms with Crippen LogP contribution in [-0.4, -0.2) is 25.3 Å². The highest BCUT2D eigenvalue weighted by Crippen LogP contribution is 2.27. The molecule has 0 radical (unpaired) electrons. The summed E-state index contributed by atoms with van der Waals surface area (Å²) in [6, 6.07) is 3.40. The van der Waals surface area contributed by atoms with E-state index in [2.05, 4.69) is 0 Å². The van der Waals surface area contributed by atoms with Crippen molar-refractivity contribution in [1.29, 1.82) is 0 Å². The lowest BCUT2D eigenvalue weighted by Crippen LogP contribution is -2.34. The molecule has 0 unspecified atom stereocenters. The predicted molar refractivity (Wildman–Crippen MR) is 79.2 cm³/mol. The first-order valence-electron chi connectivity index (χ1n) is 6.65. The number of hydrogen-bond donors (Lipinski definition) is 0. The molecule has 1 aromatic rings. The van der Waals surface area contributed by atoms with Crippen LogP contribution in [0.5, 0.6) is 0 Å². The summed E-state index contributed by atoms with van der Waals surface area (Å²) < 4.78 is 29.7. The van der Waals surface area contributed by atoms with Gasteiger partial charge < -0.3 is 0 Å². The second kappa shape index (κ2) is 5.33. The van der Waals surface area contributed by atoms with Crippen LogP contribution >= 0.6 is 0 Å². The van der Waals surface area contributed by atoms with Crippen molar-refractivity contribution in [2.45, 2.75) is 39.5 Å². The molecule has 0 saturated carbocycles. The molecule has 7 heteroatoms. The maximum Gasteiger partial charge on any atom is 0.318 e. The van der Waals surface area contributed by atoms with Crippen molar-refractivity contribution in [2.75, 3.05) is 0 Å². The minimum atomic E-state index is -4.28. The fraction of sp³-hybridized carbons (Fsp3) is 0.333. The van der Waals surface area contributed by atoms with E-state index in [1.54, 1.807) is 26.0 Å². The van der Waals surface area contributed by atoms with Crippen LogP contribution in [0.3, 0.4) is 0 Å². The molecule has 0 spiro atoms. The Bertz CT molecular complexity index is 773. The molecule has 1 heterocycles. The summed E-state index contributed by atoms with van der Waals surface area (Å²) in [5.74, 6) is -1.51. The van der Waals surface area contributed by atoms with Gasteiger partial charge in [-0.2, -0.15) is 8.42 Å². The SMILES string of the molecule is CC1=C(C)C(=O)N(OS(=O)(=O)c2c(C)cc(C)cc2C)C1=O. The molecule has 0 aliphatic carbocycles. The molecule has 0 atom stereocenters. The third-order valence-corrected chi connectivity index (χ3v) is 5.09. The van der Waals surface area contributed by atoms with Gasteiger partial charge in [-0.15, -0.1) is 9.35 Å². The molecule has 0 aromatic heterocycles. The molecule has 22 heavy (non-hydrogen) atoms. The van der Waals surface area contributed by atoms with Gasteiger partial charge in [-0.3, -0.25) is 9.59 Å². The number of amides is 2. The van der Waals surface area contributed by atoms with Crippen LogP contribution in [0.15, 0.2) is 28.2 Å². The van der Waals surface area contributed by atoms with Gasteiger partial charge in [0.05, 0.1) is 0 Å². The summed E-state index contributed by atoms with van der Waals surface area (Å²) in [6.07, 6.45) is 0. The molecule has 1 aliphatic rings. The minimum absolute atomic E-state index is 0.0269. The van der Waals surface area contributed by atoms with Crippen molar-refractivity contribution < 1.29 is 22.3 Å². The number of aryl methyl sites for hydroxylation is 3. The summed E-state index contributed by atoms with van der Waals surface area (Å²) in [4.78, 5) is 23.8. The first-order chi connectivity index (χ1) is 10.1. The molecular weight excluding hydrogens is 306 g/mol. The molecule has 6 nitrogen and oxygen atoms in total. The number of carbonyl (C=O) groups excluding carboxylic acids is 2. The zero-order chi connectivity index (χ0) is 16.8. The number of benzene rings is 1. The number of rotatable bonds is 3. The van der Waals surface area contributed by atoms with Crippen molar-refractivity contribution in [1.82, 2.24) is 5.06 Å². The summed E-state index contributed by atoms with van der Waals surface area (Å²) in [5, 5.41) is 0.304. The lowest BCUT2D eigenvalue weighted by atomic mass is 10.1. The van der Waals surface area contributed by atoms with E-state index in [1.165, 1.54) is 13.8 Å². The molecule has 0 bridgehead atoms. The van der Waals surface area contributed by atoms with Crippen LogP contribution in [0.2, 0.25) is 0 Å². The Balaban J connectivity index is 2.43. The van der Waals surface area contributed by atoms with Crippen molar-refractivity contribution in [2.24, 2.45) is 0 Å². The van der Waals surface area contributed by atoms with Crippen LogP contribution in [0.25, 0.3) is 0 Å². The number of imide groups is 1. The zero-order valence-electron chi connectivity index (χ0n) is 13.1. The van der Waals surface area contributed by atoms with E-state index in [4.69, 9.17) is 4.28 Å².